The monoisotopic (exact) mass is 662 g/mol. The summed E-state index contributed by atoms with van der Waals surface area (Å²) in [6, 6.07) is -1.93. The summed E-state index contributed by atoms with van der Waals surface area (Å²) >= 11 is 0.905. The molecule has 2 fully saturated rings. The van der Waals surface area contributed by atoms with Crippen molar-refractivity contribution in [2.75, 3.05) is 12.3 Å². The third-order valence-corrected chi connectivity index (χ3v) is 7.71. The highest BCUT2D eigenvalue weighted by atomic mass is 32.1. The number of cyclic esters (lactones) is 1. The third kappa shape index (κ3) is 5.05. The lowest BCUT2D eigenvalue weighted by atomic mass is 10.0. The molecule has 1 unspecified atom stereocenters. The summed E-state index contributed by atoms with van der Waals surface area (Å²) in [6.45, 7) is 1.60. The highest BCUT2D eigenvalue weighted by molar-refractivity contribution is 7.13. The first-order chi connectivity index (χ1) is 21.5. The minimum absolute atomic E-state index is 0.00659. The number of nitrogens with zero attached hydrogens (tertiary/aromatic N) is 4. The normalized spacial score (nSPS) is 23.0. The number of nitrogens with two attached hydrogens (primary N) is 1. The Morgan fingerprint density at radius 3 is 2.26 bits per heavy atom. The van der Waals surface area contributed by atoms with Crippen LogP contribution in [0.1, 0.15) is 46.7 Å². The van der Waals surface area contributed by atoms with Crippen LogP contribution in [0.2, 0.25) is 0 Å². The number of carbonyl (C=O) groups excluding carboxylic acids is 5. The van der Waals surface area contributed by atoms with E-state index in [1.807, 2.05) is 0 Å². The number of hydrogen-bond acceptors (Lipinski definition) is 16. The van der Waals surface area contributed by atoms with Crippen LogP contribution in [0.5, 0.6) is 11.5 Å². The average molecular weight is 663 g/mol. The number of amides is 4. The largest absolute Gasteiger partial charge is 0.504 e. The molecule has 0 spiro atoms. The van der Waals surface area contributed by atoms with Crippen molar-refractivity contribution >= 4 is 63.7 Å². The van der Waals surface area contributed by atoms with Crippen molar-refractivity contribution in [1.29, 1.82) is 0 Å². The topological polar surface area (TPSA) is 298 Å². The van der Waals surface area contributed by atoms with Crippen LogP contribution in [0.4, 0.5) is 5.13 Å². The van der Waals surface area contributed by atoms with Gasteiger partial charge in [0.15, 0.2) is 22.3 Å². The smallest absolute Gasteiger partial charge is 0.372 e. The predicted molar refractivity (Wildman–Crippen MR) is 146 cm³/mol. The Bertz CT molecular complexity index is 1730. The number of carboxylic acid groups (broad SMARTS) is 2. The first kappa shape index (κ1) is 31.6. The molecule has 1 aromatic heterocycles. The van der Waals surface area contributed by atoms with Crippen LogP contribution in [0.3, 0.4) is 0 Å². The van der Waals surface area contributed by atoms with Gasteiger partial charge in [-0.25, -0.2) is 19.4 Å². The van der Waals surface area contributed by atoms with Crippen LogP contribution in [-0.4, -0.2) is 113 Å². The fourth-order valence-electron chi connectivity index (χ4n) is 4.56. The molecule has 3 aliphatic heterocycles. The number of anilines is 1. The molecular weight excluding hydrogens is 640 g/mol. The van der Waals surface area contributed by atoms with Crippen molar-refractivity contribution in [3.8, 4) is 11.5 Å². The van der Waals surface area contributed by atoms with Crippen LogP contribution in [0, 0.1) is 0 Å². The second kappa shape index (κ2) is 11.0. The molecule has 2 saturated heterocycles. The average Bonchev–Trinajstić information content (AvgIpc) is 3.71. The predicted octanol–water partition coefficient (Wildman–Crippen LogP) is -1.63. The number of thiazole rings is 1. The number of benzene rings is 1. The molecule has 242 valence electrons. The van der Waals surface area contributed by atoms with Crippen LogP contribution in [0.25, 0.3) is 0 Å². The molecule has 2 aromatic rings. The Hall–Kier alpha value is -5.83. The van der Waals surface area contributed by atoms with Gasteiger partial charge in [0, 0.05) is 5.38 Å². The van der Waals surface area contributed by atoms with E-state index in [0.717, 1.165) is 37.3 Å². The molecule has 4 heterocycles. The van der Waals surface area contributed by atoms with Gasteiger partial charge in [-0.1, -0.05) is 5.16 Å². The van der Waals surface area contributed by atoms with Gasteiger partial charge in [-0.2, -0.15) is 5.06 Å². The Balaban J connectivity index is 1.37. The summed E-state index contributed by atoms with van der Waals surface area (Å²) in [6.07, 6.45) is -1.00. The van der Waals surface area contributed by atoms with Crippen molar-refractivity contribution in [2.24, 2.45) is 5.16 Å². The van der Waals surface area contributed by atoms with E-state index >= 15 is 0 Å². The Morgan fingerprint density at radius 1 is 1.13 bits per heavy atom. The van der Waals surface area contributed by atoms with E-state index in [-0.39, 0.29) is 27.0 Å². The Morgan fingerprint density at radius 2 is 1.74 bits per heavy atom. The zero-order valence-corrected chi connectivity index (χ0v) is 24.3. The SMILES string of the molecule is CC(C)(O/N=C(\C(=O)N[C@H]1CON(C2(C(=O)O)C[C@@H](N3C(=O)c4cc(O)c(O)cc4C3=O)C(=O)O2)C1=O)c1csc(N)n1)C(=O)O. The van der Waals surface area contributed by atoms with Gasteiger partial charge in [0.2, 0.25) is 5.60 Å². The molecule has 7 N–H and O–H groups in total. The molecule has 0 radical (unpaired) electrons. The van der Waals surface area contributed by atoms with Crippen LogP contribution in [-0.2, 0) is 38.4 Å². The van der Waals surface area contributed by atoms with E-state index in [1.165, 1.54) is 5.38 Å². The number of oxime groups is 1. The van der Waals surface area contributed by atoms with Crippen molar-refractivity contribution in [1.82, 2.24) is 20.3 Å². The molecule has 0 aliphatic carbocycles. The highest BCUT2D eigenvalue weighted by Crippen LogP contribution is 2.40. The third-order valence-electron chi connectivity index (χ3n) is 7.03. The standard InChI is InChI=1S/C25H22N6O14S/c1-24(2,21(39)40)45-29-15(11-7-46-23(26)28-11)16(34)27-10-6-43-31(19(10)37)25(22(41)42)5-12(20(38)44-25)30-17(35)8-3-13(32)14(33)4-9(8)18(30)36/h3-4,7,10,12,32-33H,5-6H2,1-2H3,(H2,26,28)(H,27,34)(H,39,40)(H,41,42)/b29-15-/t10-,12+,25?/m0/s1. The van der Waals surface area contributed by atoms with Crippen molar-refractivity contribution in [3.05, 3.63) is 34.3 Å². The zero-order chi connectivity index (χ0) is 33.9. The minimum atomic E-state index is -2.91. The number of nitrogen functional groups attached to an aromatic ring is 1. The van der Waals surface area contributed by atoms with Gasteiger partial charge in [-0.15, -0.1) is 11.3 Å². The molecule has 4 amide bonds. The van der Waals surface area contributed by atoms with Crippen molar-refractivity contribution in [3.63, 3.8) is 0 Å². The van der Waals surface area contributed by atoms with E-state index < -0.39 is 95.2 Å². The molecule has 1 aromatic carbocycles. The number of aromatic nitrogens is 1. The van der Waals surface area contributed by atoms with E-state index in [1.54, 1.807) is 0 Å². The van der Waals surface area contributed by atoms with Gasteiger partial charge >= 0.3 is 23.6 Å². The van der Waals surface area contributed by atoms with E-state index in [0.29, 0.717) is 4.90 Å². The first-order valence-corrected chi connectivity index (χ1v) is 13.8. The van der Waals surface area contributed by atoms with E-state index in [9.17, 15) is 54.0 Å². The Labute approximate surface area is 259 Å². The maximum absolute atomic E-state index is 13.4. The number of phenolic OH excluding ortho intramolecular Hbond substituents is 2. The zero-order valence-electron chi connectivity index (χ0n) is 23.4. The lowest BCUT2D eigenvalue weighted by Crippen LogP contribution is -2.57. The summed E-state index contributed by atoms with van der Waals surface area (Å²) < 4.78 is 5.07. The molecule has 3 aliphatic rings. The second-order valence-electron chi connectivity index (χ2n) is 10.5. The first-order valence-electron chi connectivity index (χ1n) is 12.9. The number of rotatable bonds is 9. The van der Waals surface area contributed by atoms with E-state index in [2.05, 4.69) is 15.5 Å². The molecule has 21 heteroatoms. The van der Waals surface area contributed by atoms with Crippen LogP contribution in [0.15, 0.2) is 22.7 Å². The number of fused-ring (bicyclic) bond motifs is 1. The number of hydroxylamine groups is 2. The number of phenols is 2. The van der Waals surface area contributed by atoms with E-state index in [4.69, 9.17) is 20.1 Å². The minimum Gasteiger partial charge on any atom is -0.504 e. The number of ether oxygens (including phenoxy) is 1. The van der Waals surface area contributed by atoms with Crippen LogP contribution < -0.4 is 11.1 Å². The summed E-state index contributed by atoms with van der Waals surface area (Å²) in [5.74, 6) is -10.8. The fraction of sp³-hybridized carbons (Fsp3) is 0.320. The maximum atomic E-state index is 13.4. The van der Waals surface area contributed by atoms with Crippen LogP contribution >= 0.6 is 11.3 Å². The lowest BCUT2D eigenvalue weighted by molar-refractivity contribution is -0.256. The van der Waals surface area contributed by atoms with Gasteiger partial charge in [0.25, 0.3) is 23.6 Å². The van der Waals surface area contributed by atoms with Crippen molar-refractivity contribution < 1.29 is 68.4 Å². The molecule has 0 bridgehead atoms. The summed E-state index contributed by atoms with van der Waals surface area (Å²) in [7, 11) is 0. The number of esters is 1. The van der Waals surface area contributed by atoms with Gasteiger partial charge in [-0.3, -0.25) is 28.9 Å². The summed E-state index contributed by atoms with van der Waals surface area (Å²) in [5, 5.41) is 46.2. The van der Waals surface area contributed by atoms with Gasteiger partial charge < -0.3 is 41.1 Å². The quantitative estimate of drug-likeness (QED) is 0.0577. The molecule has 0 saturated carbocycles. The van der Waals surface area contributed by atoms with Crippen molar-refractivity contribution in [2.45, 2.75) is 43.7 Å². The molecule has 46 heavy (non-hydrogen) atoms. The number of hydrogen-bond donors (Lipinski definition) is 6. The van der Waals surface area contributed by atoms with Gasteiger partial charge in [0.05, 0.1) is 17.5 Å². The van der Waals surface area contributed by atoms with Gasteiger partial charge in [0.1, 0.15) is 24.4 Å². The maximum Gasteiger partial charge on any atom is 0.372 e. The number of aliphatic carboxylic acids is 2. The molecule has 3 atom stereocenters. The Kier molecular flexibility index (Phi) is 7.52. The number of carboxylic acids is 2. The summed E-state index contributed by atoms with van der Waals surface area (Å²) in [5.41, 5.74) is -0.695. The number of imide groups is 1. The lowest BCUT2D eigenvalue weighted by Gasteiger charge is -2.30. The fourth-order valence-corrected chi connectivity index (χ4v) is 5.11. The molecule has 20 nitrogen and oxygen atoms in total. The second-order valence-corrected chi connectivity index (χ2v) is 11.4. The number of aromatic hydroxyl groups is 2. The molecule has 5 rings (SSSR count). The molecular formula is C25H22N6O14S. The number of carbonyl (C=O) groups is 7. The van der Waals surface area contributed by atoms with Gasteiger partial charge in [-0.05, 0) is 26.0 Å². The summed E-state index contributed by atoms with van der Waals surface area (Å²) in [4.78, 5) is 104. The number of nitrogens with one attached hydrogen (secondary N) is 1. The highest BCUT2D eigenvalue weighted by Gasteiger charge is 2.65.